The van der Waals surface area contributed by atoms with Gasteiger partial charge in [-0.3, -0.25) is 14.4 Å². The van der Waals surface area contributed by atoms with Crippen LogP contribution in [-0.4, -0.2) is 73.5 Å². The Hall–Kier alpha value is -1.67. The molecule has 0 saturated heterocycles. The number of carbonyl (C=O) groups excluding carboxylic acids is 3. The molecule has 8 nitrogen and oxygen atoms in total. The van der Waals surface area contributed by atoms with Crippen molar-refractivity contribution in [2.24, 2.45) is 0 Å². The van der Waals surface area contributed by atoms with E-state index in [1.165, 1.54) is 109 Å². The molecule has 0 spiro atoms. The smallest absolute Gasteiger partial charge is 0.306 e. The summed E-state index contributed by atoms with van der Waals surface area (Å²) >= 11 is 0. The monoisotopic (exact) mass is 768 g/mol. The number of hydrogen-bond acceptors (Lipinski definition) is 8. The zero-order chi connectivity index (χ0) is 39.6. The average molecular weight is 768 g/mol. The van der Waals surface area contributed by atoms with Crippen LogP contribution in [0.15, 0.2) is 0 Å². The molecule has 0 aliphatic heterocycles. The highest BCUT2D eigenvalue weighted by molar-refractivity contribution is 5.70. The summed E-state index contributed by atoms with van der Waals surface area (Å²) in [5.74, 6) is -0.411. The van der Waals surface area contributed by atoms with Crippen molar-refractivity contribution in [1.29, 1.82) is 0 Å². The van der Waals surface area contributed by atoms with Crippen molar-refractivity contribution in [1.82, 2.24) is 4.90 Å². The highest BCUT2D eigenvalue weighted by Gasteiger charge is 2.15. The molecule has 0 amide bonds. The number of aliphatic hydroxyl groups excluding tert-OH is 1. The first kappa shape index (κ1) is 52.3. The van der Waals surface area contributed by atoms with Gasteiger partial charge in [-0.05, 0) is 83.7 Å². The van der Waals surface area contributed by atoms with E-state index in [4.69, 9.17) is 14.2 Å². The van der Waals surface area contributed by atoms with Crippen LogP contribution in [0.5, 0.6) is 0 Å². The van der Waals surface area contributed by atoms with Crippen LogP contribution in [0.3, 0.4) is 0 Å². The Morgan fingerprint density at radius 2 is 0.778 bits per heavy atom. The van der Waals surface area contributed by atoms with E-state index in [0.29, 0.717) is 51.9 Å². The zero-order valence-corrected chi connectivity index (χ0v) is 36.0. The van der Waals surface area contributed by atoms with Crippen molar-refractivity contribution in [3.63, 3.8) is 0 Å². The molecular weight excluding hydrogens is 679 g/mol. The molecule has 320 valence electrons. The third-order valence-electron chi connectivity index (χ3n) is 10.5. The van der Waals surface area contributed by atoms with Crippen LogP contribution in [0.25, 0.3) is 0 Å². The third kappa shape index (κ3) is 38.6. The summed E-state index contributed by atoms with van der Waals surface area (Å²) < 4.78 is 16.8. The standard InChI is InChI=1S/C46H89NO7/c1-4-7-10-13-16-17-18-21-30-41-52-44(49)34-25-22-28-37-47(39-40-48)38-29-31-42-53-45(50)35-26-27-36-46(51)54-43(32-23-19-14-11-8-5-2)33-24-20-15-12-9-6-3/h43,48H,4-42H2,1-3H3. The highest BCUT2D eigenvalue weighted by atomic mass is 16.5. The second kappa shape index (κ2) is 42.5. The lowest BCUT2D eigenvalue weighted by Gasteiger charge is -2.21. The number of hydrogen-bond donors (Lipinski definition) is 1. The maximum absolute atomic E-state index is 12.6. The lowest BCUT2D eigenvalue weighted by molar-refractivity contribution is -0.150. The van der Waals surface area contributed by atoms with E-state index in [2.05, 4.69) is 25.7 Å². The minimum Gasteiger partial charge on any atom is -0.466 e. The Balaban J connectivity index is 3.98. The molecule has 0 rings (SSSR count). The van der Waals surface area contributed by atoms with Gasteiger partial charge < -0.3 is 24.2 Å². The number of carbonyl (C=O) groups is 3. The fourth-order valence-corrected chi connectivity index (χ4v) is 6.98. The van der Waals surface area contributed by atoms with Gasteiger partial charge in [-0.15, -0.1) is 0 Å². The van der Waals surface area contributed by atoms with Crippen molar-refractivity contribution in [2.45, 2.75) is 239 Å². The van der Waals surface area contributed by atoms with E-state index < -0.39 is 0 Å². The normalized spacial score (nSPS) is 11.4. The van der Waals surface area contributed by atoms with Crippen LogP contribution in [0, 0.1) is 0 Å². The van der Waals surface area contributed by atoms with Gasteiger partial charge >= 0.3 is 17.9 Å². The van der Waals surface area contributed by atoms with E-state index in [1.807, 2.05) is 0 Å². The van der Waals surface area contributed by atoms with Gasteiger partial charge in [0.05, 0.1) is 19.8 Å². The molecule has 0 aliphatic carbocycles. The fourth-order valence-electron chi connectivity index (χ4n) is 6.98. The first-order valence-corrected chi connectivity index (χ1v) is 23.3. The number of aliphatic hydroxyl groups is 1. The molecular formula is C46H89NO7. The van der Waals surface area contributed by atoms with E-state index in [0.717, 1.165) is 83.7 Å². The Labute approximate surface area is 334 Å². The molecule has 0 saturated carbocycles. The van der Waals surface area contributed by atoms with Gasteiger partial charge in [0.1, 0.15) is 6.10 Å². The average Bonchev–Trinajstić information content (AvgIpc) is 3.16. The Morgan fingerprint density at radius 1 is 0.426 bits per heavy atom. The largest absolute Gasteiger partial charge is 0.466 e. The molecule has 0 aliphatic rings. The van der Waals surface area contributed by atoms with Crippen molar-refractivity contribution >= 4 is 17.9 Å². The van der Waals surface area contributed by atoms with Crippen molar-refractivity contribution in [3.8, 4) is 0 Å². The van der Waals surface area contributed by atoms with Crippen LogP contribution in [-0.2, 0) is 28.6 Å². The number of nitrogens with zero attached hydrogens (tertiary/aromatic N) is 1. The van der Waals surface area contributed by atoms with Gasteiger partial charge in [0.25, 0.3) is 0 Å². The first-order valence-electron chi connectivity index (χ1n) is 23.3. The van der Waals surface area contributed by atoms with Gasteiger partial charge in [-0.25, -0.2) is 0 Å². The summed E-state index contributed by atoms with van der Waals surface area (Å²) in [6.07, 6.45) is 35.1. The van der Waals surface area contributed by atoms with Crippen molar-refractivity contribution in [3.05, 3.63) is 0 Å². The number of ether oxygens (including phenoxy) is 3. The molecule has 1 N–H and O–H groups in total. The van der Waals surface area contributed by atoms with E-state index >= 15 is 0 Å². The predicted molar refractivity (Wildman–Crippen MR) is 225 cm³/mol. The van der Waals surface area contributed by atoms with Gasteiger partial charge in [0.15, 0.2) is 0 Å². The van der Waals surface area contributed by atoms with Gasteiger partial charge in [-0.1, -0.05) is 143 Å². The topological polar surface area (TPSA) is 102 Å². The van der Waals surface area contributed by atoms with Gasteiger partial charge in [0, 0.05) is 25.8 Å². The van der Waals surface area contributed by atoms with E-state index in [-0.39, 0.29) is 30.6 Å². The third-order valence-corrected chi connectivity index (χ3v) is 10.5. The SMILES string of the molecule is CCCCCCCCCCCOC(=O)CCCCCN(CCO)CCCCOC(=O)CCCCC(=O)OC(CCCCCCCC)CCCCCCCC. The molecule has 54 heavy (non-hydrogen) atoms. The second-order valence-corrected chi connectivity index (χ2v) is 15.8. The maximum Gasteiger partial charge on any atom is 0.306 e. The summed E-state index contributed by atoms with van der Waals surface area (Å²) in [5, 5.41) is 9.50. The van der Waals surface area contributed by atoms with Crippen LogP contribution < -0.4 is 0 Å². The molecule has 0 unspecified atom stereocenters. The molecule has 0 heterocycles. The van der Waals surface area contributed by atoms with Crippen molar-refractivity contribution < 1.29 is 33.7 Å². The minimum atomic E-state index is -0.203. The molecule has 8 heteroatoms. The zero-order valence-electron chi connectivity index (χ0n) is 36.0. The molecule has 0 aromatic carbocycles. The fraction of sp³-hybridized carbons (Fsp3) is 0.935. The predicted octanol–water partition coefficient (Wildman–Crippen LogP) is 12.2. The molecule has 0 aromatic heterocycles. The van der Waals surface area contributed by atoms with Gasteiger partial charge in [0.2, 0.25) is 0 Å². The Kier molecular flexibility index (Phi) is 41.2. The van der Waals surface area contributed by atoms with Crippen LogP contribution in [0.4, 0.5) is 0 Å². The first-order chi connectivity index (χ1) is 26.5. The molecule has 0 radical (unpaired) electrons. The van der Waals surface area contributed by atoms with E-state index in [9.17, 15) is 19.5 Å². The lowest BCUT2D eigenvalue weighted by Crippen LogP contribution is -2.29. The summed E-state index contributed by atoms with van der Waals surface area (Å²) in [5.41, 5.74) is 0. The summed E-state index contributed by atoms with van der Waals surface area (Å²) in [4.78, 5) is 39.2. The molecule has 0 aromatic rings. The minimum absolute atomic E-state index is 0.0304. The quantitative estimate of drug-likeness (QED) is 0.0372. The van der Waals surface area contributed by atoms with Gasteiger partial charge in [-0.2, -0.15) is 0 Å². The van der Waals surface area contributed by atoms with Crippen LogP contribution in [0.1, 0.15) is 233 Å². The number of esters is 3. The Bertz CT molecular complexity index is 807. The second-order valence-electron chi connectivity index (χ2n) is 15.8. The summed E-state index contributed by atoms with van der Waals surface area (Å²) in [6.45, 7) is 10.1. The summed E-state index contributed by atoms with van der Waals surface area (Å²) in [7, 11) is 0. The van der Waals surface area contributed by atoms with Crippen LogP contribution >= 0.6 is 0 Å². The lowest BCUT2D eigenvalue weighted by atomic mass is 10.0. The maximum atomic E-state index is 12.6. The molecule has 0 fully saturated rings. The highest BCUT2D eigenvalue weighted by Crippen LogP contribution is 2.18. The number of rotatable bonds is 43. The number of unbranched alkanes of at least 4 members (excludes halogenated alkanes) is 22. The van der Waals surface area contributed by atoms with Crippen LogP contribution in [0.2, 0.25) is 0 Å². The molecule has 0 atom stereocenters. The van der Waals surface area contributed by atoms with E-state index in [1.54, 1.807) is 0 Å². The summed E-state index contributed by atoms with van der Waals surface area (Å²) in [6, 6.07) is 0. The van der Waals surface area contributed by atoms with Crippen molar-refractivity contribution in [2.75, 3.05) is 39.5 Å². The Morgan fingerprint density at radius 3 is 1.24 bits per heavy atom. The molecule has 0 bridgehead atoms.